The first kappa shape index (κ1) is 20.5. The number of aromatic hydroxyl groups is 1. The van der Waals surface area contributed by atoms with E-state index in [4.69, 9.17) is 4.74 Å². The van der Waals surface area contributed by atoms with Gasteiger partial charge in [-0.1, -0.05) is 24.5 Å². The first-order valence-corrected chi connectivity index (χ1v) is 10.3. The van der Waals surface area contributed by atoms with Gasteiger partial charge < -0.3 is 14.7 Å². The quantitative estimate of drug-likeness (QED) is 0.282. The van der Waals surface area contributed by atoms with Gasteiger partial charge in [0.15, 0.2) is 0 Å². The van der Waals surface area contributed by atoms with Crippen LogP contribution in [0.1, 0.15) is 76.3 Å². The highest BCUT2D eigenvalue weighted by Crippen LogP contribution is 2.54. The highest BCUT2D eigenvalue weighted by atomic mass is 16.9. The minimum Gasteiger partial charge on any atom is -0.508 e. The molecule has 0 aromatic heterocycles. The van der Waals surface area contributed by atoms with E-state index >= 15 is 0 Å². The maximum Gasteiger partial charge on any atom is 0.294 e. The molecule has 3 rings (SSSR count). The molecule has 1 N–H and O–H groups in total. The molecular weight excluding hydrogens is 358 g/mol. The Labute approximate surface area is 166 Å². The SMILES string of the molecule is CC1=CC[C@@H]2[C@@H](C1)c1c(O)cc(CCCCCCO[N+](=O)[O-])cc1OC2(C)C. The summed E-state index contributed by atoms with van der Waals surface area (Å²) in [6, 6.07) is 3.98. The summed E-state index contributed by atoms with van der Waals surface area (Å²) in [7, 11) is 0. The second-order valence-electron chi connectivity index (χ2n) is 8.66. The van der Waals surface area contributed by atoms with Gasteiger partial charge in [-0.2, -0.15) is 0 Å². The number of phenols is 1. The summed E-state index contributed by atoms with van der Waals surface area (Å²) in [6.07, 6.45) is 8.64. The third-order valence-electron chi connectivity index (χ3n) is 6.12. The fourth-order valence-electron chi connectivity index (χ4n) is 4.69. The summed E-state index contributed by atoms with van der Waals surface area (Å²) < 4.78 is 6.36. The van der Waals surface area contributed by atoms with E-state index in [-0.39, 0.29) is 12.2 Å². The van der Waals surface area contributed by atoms with Gasteiger partial charge in [0.2, 0.25) is 0 Å². The molecule has 1 aromatic carbocycles. The number of fused-ring (bicyclic) bond motifs is 3. The second-order valence-corrected chi connectivity index (χ2v) is 8.66. The number of benzene rings is 1. The van der Waals surface area contributed by atoms with E-state index in [9.17, 15) is 15.2 Å². The van der Waals surface area contributed by atoms with Gasteiger partial charge in [0.1, 0.15) is 17.1 Å². The maximum atomic E-state index is 10.8. The smallest absolute Gasteiger partial charge is 0.294 e. The third-order valence-corrected chi connectivity index (χ3v) is 6.12. The Morgan fingerprint density at radius 3 is 2.79 bits per heavy atom. The Bertz CT molecular complexity index is 756. The lowest BCUT2D eigenvalue weighted by Crippen LogP contribution is -2.45. The molecule has 6 heteroatoms. The van der Waals surface area contributed by atoms with Crippen molar-refractivity contribution in [1.29, 1.82) is 0 Å². The number of nitrogens with zero attached hydrogens (tertiary/aromatic N) is 1. The van der Waals surface area contributed by atoms with E-state index in [0.29, 0.717) is 24.0 Å². The predicted molar refractivity (Wildman–Crippen MR) is 107 cm³/mol. The van der Waals surface area contributed by atoms with Crippen LogP contribution in [0.5, 0.6) is 11.5 Å². The Morgan fingerprint density at radius 2 is 2.04 bits per heavy atom. The molecule has 0 fully saturated rings. The van der Waals surface area contributed by atoms with Crippen LogP contribution in [0.2, 0.25) is 0 Å². The lowest BCUT2D eigenvalue weighted by Gasteiger charge is -2.47. The van der Waals surface area contributed by atoms with Crippen LogP contribution in [-0.4, -0.2) is 22.4 Å². The molecule has 6 nitrogen and oxygen atoms in total. The van der Waals surface area contributed by atoms with E-state index in [1.165, 1.54) is 5.57 Å². The predicted octanol–water partition coefficient (Wildman–Crippen LogP) is 5.31. The Kier molecular flexibility index (Phi) is 6.16. The van der Waals surface area contributed by atoms with Gasteiger partial charge in [-0.3, -0.25) is 0 Å². The van der Waals surface area contributed by atoms with Gasteiger partial charge >= 0.3 is 0 Å². The van der Waals surface area contributed by atoms with Gasteiger partial charge in [0.05, 0.1) is 6.61 Å². The van der Waals surface area contributed by atoms with Crippen molar-refractivity contribution in [3.8, 4) is 11.5 Å². The molecule has 28 heavy (non-hydrogen) atoms. The van der Waals surface area contributed by atoms with Gasteiger partial charge in [0.25, 0.3) is 5.09 Å². The summed E-state index contributed by atoms with van der Waals surface area (Å²) in [5, 5.41) is 20.2. The van der Waals surface area contributed by atoms with Crippen molar-refractivity contribution >= 4 is 0 Å². The highest BCUT2D eigenvalue weighted by molar-refractivity contribution is 5.52. The van der Waals surface area contributed by atoms with E-state index in [2.05, 4.69) is 37.8 Å². The summed E-state index contributed by atoms with van der Waals surface area (Å²) in [5.74, 6) is 1.86. The number of hydrogen-bond acceptors (Lipinski definition) is 5. The lowest BCUT2D eigenvalue weighted by molar-refractivity contribution is -0.757. The molecule has 0 unspecified atom stereocenters. The Balaban J connectivity index is 1.64. The standard InChI is InChI=1S/C22H31NO5/c1-15-9-10-18-17(12-15)21-19(24)13-16(14-20(21)28-22(18,2)3)8-6-4-5-7-11-27-23(25)26/h9,13-14,17-18,24H,4-8,10-12H2,1-3H3/t17-,18-/m1/s1. The fourth-order valence-corrected chi connectivity index (χ4v) is 4.69. The lowest BCUT2D eigenvalue weighted by atomic mass is 9.67. The third kappa shape index (κ3) is 4.59. The molecule has 0 spiro atoms. The van der Waals surface area contributed by atoms with Crippen molar-refractivity contribution in [1.82, 2.24) is 0 Å². The number of unbranched alkanes of at least 4 members (excludes halogenated alkanes) is 3. The van der Waals surface area contributed by atoms with Crippen molar-refractivity contribution in [3.05, 3.63) is 45.0 Å². The normalized spacial score (nSPS) is 22.5. The number of allylic oxidation sites excluding steroid dienone is 2. The molecular formula is C22H31NO5. The van der Waals surface area contributed by atoms with Crippen molar-refractivity contribution < 1.29 is 19.8 Å². The molecule has 2 aliphatic rings. The molecule has 0 saturated heterocycles. The molecule has 2 atom stereocenters. The van der Waals surface area contributed by atoms with Gasteiger partial charge in [-0.15, -0.1) is 10.1 Å². The summed E-state index contributed by atoms with van der Waals surface area (Å²) in [4.78, 5) is 14.4. The molecule has 154 valence electrons. The van der Waals surface area contributed by atoms with E-state index in [1.807, 2.05) is 6.07 Å². The average molecular weight is 389 g/mol. The number of ether oxygens (including phenoxy) is 1. The minimum absolute atomic E-state index is 0.159. The van der Waals surface area contributed by atoms with Crippen molar-refractivity contribution in [2.75, 3.05) is 6.61 Å². The number of phenolic OH excluding ortho intramolecular Hbond substituents is 1. The highest BCUT2D eigenvalue weighted by Gasteiger charge is 2.45. The van der Waals surface area contributed by atoms with Gasteiger partial charge in [0, 0.05) is 17.4 Å². The van der Waals surface area contributed by atoms with Crippen molar-refractivity contribution in [2.45, 2.75) is 77.2 Å². The number of rotatable bonds is 8. The second kappa shape index (κ2) is 8.41. The largest absolute Gasteiger partial charge is 0.508 e. The van der Waals surface area contributed by atoms with Crippen LogP contribution >= 0.6 is 0 Å². The fraction of sp³-hybridized carbons (Fsp3) is 0.636. The zero-order chi connectivity index (χ0) is 20.3. The van der Waals surface area contributed by atoms with E-state index in [0.717, 1.165) is 55.4 Å². The molecule has 1 aliphatic heterocycles. The molecule has 0 saturated carbocycles. The van der Waals surface area contributed by atoms with Gasteiger partial charge in [-0.05, 0) is 70.6 Å². The van der Waals surface area contributed by atoms with Crippen LogP contribution in [0.4, 0.5) is 0 Å². The van der Waals surface area contributed by atoms with Crippen LogP contribution in [0, 0.1) is 16.0 Å². The molecule has 1 aliphatic carbocycles. The molecule has 1 aromatic rings. The molecule has 1 heterocycles. The van der Waals surface area contributed by atoms with Crippen LogP contribution in [-0.2, 0) is 11.3 Å². The maximum absolute atomic E-state index is 10.8. The van der Waals surface area contributed by atoms with Crippen molar-refractivity contribution in [2.24, 2.45) is 5.92 Å². The Hall–Kier alpha value is -2.24. The number of aryl methyl sites for hydroxylation is 1. The van der Waals surface area contributed by atoms with Crippen LogP contribution in [0.3, 0.4) is 0 Å². The molecule has 0 radical (unpaired) electrons. The van der Waals surface area contributed by atoms with Crippen LogP contribution in [0.25, 0.3) is 0 Å². The van der Waals surface area contributed by atoms with Gasteiger partial charge in [-0.25, -0.2) is 0 Å². The monoisotopic (exact) mass is 389 g/mol. The van der Waals surface area contributed by atoms with Crippen LogP contribution in [0.15, 0.2) is 23.8 Å². The molecule has 0 amide bonds. The first-order chi connectivity index (χ1) is 13.3. The summed E-state index contributed by atoms with van der Waals surface area (Å²) in [6.45, 7) is 6.63. The zero-order valence-corrected chi connectivity index (χ0v) is 17.1. The first-order valence-electron chi connectivity index (χ1n) is 10.3. The van der Waals surface area contributed by atoms with E-state index < -0.39 is 5.09 Å². The van der Waals surface area contributed by atoms with Crippen molar-refractivity contribution in [3.63, 3.8) is 0 Å². The van der Waals surface area contributed by atoms with E-state index in [1.54, 1.807) is 0 Å². The number of hydrogen-bond donors (Lipinski definition) is 1. The topological polar surface area (TPSA) is 81.8 Å². The Morgan fingerprint density at radius 1 is 1.29 bits per heavy atom. The summed E-state index contributed by atoms with van der Waals surface area (Å²) in [5.41, 5.74) is 3.18. The minimum atomic E-state index is -0.745. The molecule has 0 bridgehead atoms. The average Bonchev–Trinajstić information content (AvgIpc) is 2.59. The summed E-state index contributed by atoms with van der Waals surface area (Å²) >= 11 is 0. The zero-order valence-electron chi connectivity index (χ0n) is 17.1. The van der Waals surface area contributed by atoms with Crippen LogP contribution < -0.4 is 4.74 Å².